The number of hydrogen-bond donors (Lipinski definition) is 0. The summed E-state index contributed by atoms with van der Waals surface area (Å²) in [6.07, 6.45) is 0. The number of nitrogens with zero attached hydrogens (tertiary/aromatic N) is 3. The van der Waals surface area contributed by atoms with E-state index >= 15 is 0 Å². The summed E-state index contributed by atoms with van der Waals surface area (Å²) >= 11 is 3.23. The Labute approximate surface area is 98.6 Å². The van der Waals surface area contributed by atoms with Crippen molar-refractivity contribution in [2.45, 2.75) is 6.92 Å². The fraction of sp³-hybridized carbons (Fsp3) is 0.111. The largest absolute Gasteiger partial charge is 0.334 e. The summed E-state index contributed by atoms with van der Waals surface area (Å²) in [6, 6.07) is 4.35. The highest BCUT2D eigenvalue weighted by Gasteiger charge is 2.14. The van der Waals surface area contributed by atoms with Gasteiger partial charge in [0.25, 0.3) is 11.6 Å². The minimum atomic E-state index is -0.465. The van der Waals surface area contributed by atoms with Gasteiger partial charge in [0, 0.05) is 16.6 Å². The lowest BCUT2D eigenvalue weighted by molar-refractivity contribution is -0.384. The second-order valence-electron chi connectivity index (χ2n) is 3.07. The van der Waals surface area contributed by atoms with Gasteiger partial charge in [-0.15, -0.1) is 0 Å². The molecule has 0 atom stereocenters. The molecule has 16 heavy (non-hydrogen) atoms. The first-order chi connectivity index (χ1) is 7.58. The average Bonchev–Trinajstić information content (AvgIpc) is 2.64. The summed E-state index contributed by atoms with van der Waals surface area (Å²) in [4.78, 5) is 14.1. The van der Waals surface area contributed by atoms with Crippen LogP contribution in [0.5, 0.6) is 0 Å². The van der Waals surface area contributed by atoms with Gasteiger partial charge in [0.1, 0.15) is 0 Å². The fourth-order valence-corrected chi connectivity index (χ4v) is 1.73. The molecule has 0 amide bonds. The van der Waals surface area contributed by atoms with Crippen LogP contribution < -0.4 is 0 Å². The smallest absolute Gasteiger partial charge is 0.270 e. The molecule has 2 aromatic rings. The lowest BCUT2D eigenvalue weighted by atomic mass is 10.2. The predicted octanol–water partition coefficient (Wildman–Crippen LogP) is 2.72. The number of nitro groups is 1. The summed E-state index contributed by atoms with van der Waals surface area (Å²) in [7, 11) is 0. The molecule has 0 fully saturated rings. The van der Waals surface area contributed by atoms with Gasteiger partial charge in [0.15, 0.2) is 5.82 Å². The molecule has 0 aliphatic heterocycles. The van der Waals surface area contributed by atoms with E-state index in [4.69, 9.17) is 4.52 Å². The van der Waals surface area contributed by atoms with Gasteiger partial charge >= 0.3 is 0 Å². The first-order valence-corrected chi connectivity index (χ1v) is 5.12. The van der Waals surface area contributed by atoms with Crippen molar-refractivity contribution in [3.8, 4) is 11.5 Å². The van der Waals surface area contributed by atoms with E-state index in [-0.39, 0.29) is 5.69 Å². The molecule has 0 bridgehead atoms. The van der Waals surface area contributed by atoms with Crippen LogP contribution in [0.25, 0.3) is 11.5 Å². The van der Waals surface area contributed by atoms with Crippen molar-refractivity contribution in [1.82, 2.24) is 10.1 Å². The summed E-state index contributed by atoms with van der Waals surface area (Å²) in [6.45, 7) is 1.70. The van der Waals surface area contributed by atoms with Gasteiger partial charge in [-0.1, -0.05) is 5.16 Å². The van der Waals surface area contributed by atoms with E-state index in [9.17, 15) is 10.1 Å². The Morgan fingerprint density at radius 3 is 2.75 bits per heavy atom. The minimum absolute atomic E-state index is 0.00635. The van der Waals surface area contributed by atoms with Crippen molar-refractivity contribution in [3.05, 3.63) is 38.6 Å². The number of aryl methyl sites for hydroxylation is 1. The van der Waals surface area contributed by atoms with Crippen molar-refractivity contribution in [2.24, 2.45) is 0 Å². The van der Waals surface area contributed by atoms with E-state index < -0.39 is 4.92 Å². The van der Waals surface area contributed by atoms with Crippen LogP contribution in [0.4, 0.5) is 5.69 Å². The third-order valence-corrected chi connectivity index (χ3v) is 2.58. The molecule has 1 heterocycles. The quantitative estimate of drug-likeness (QED) is 0.625. The zero-order valence-electron chi connectivity index (χ0n) is 8.18. The van der Waals surface area contributed by atoms with Crippen LogP contribution in [0.15, 0.2) is 27.2 Å². The molecule has 1 aromatic heterocycles. The molecule has 0 aliphatic carbocycles. The van der Waals surface area contributed by atoms with Crippen LogP contribution in [0, 0.1) is 17.0 Å². The van der Waals surface area contributed by atoms with Crippen molar-refractivity contribution in [2.75, 3.05) is 0 Å². The van der Waals surface area contributed by atoms with Crippen LogP contribution in [0.3, 0.4) is 0 Å². The van der Waals surface area contributed by atoms with Gasteiger partial charge < -0.3 is 4.52 Å². The number of aromatic nitrogens is 2. The van der Waals surface area contributed by atoms with Gasteiger partial charge in [0.2, 0.25) is 0 Å². The molecule has 0 unspecified atom stereocenters. The Morgan fingerprint density at radius 2 is 2.25 bits per heavy atom. The minimum Gasteiger partial charge on any atom is -0.334 e. The maximum Gasteiger partial charge on any atom is 0.270 e. The number of nitro benzene ring substituents is 1. The first-order valence-electron chi connectivity index (χ1n) is 4.32. The Morgan fingerprint density at radius 1 is 1.50 bits per heavy atom. The Balaban J connectivity index is 2.47. The van der Waals surface area contributed by atoms with Crippen molar-refractivity contribution in [3.63, 3.8) is 0 Å². The van der Waals surface area contributed by atoms with Crippen molar-refractivity contribution in [1.29, 1.82) is 0 Å². The molecule has 2 rings (SSSR count). The second kappa shape index (κ2) is 4.01. The van der Waals surface area contributed by atoms with Crippen LogP contribution >= 0.6 is 15.9 Å². The SMILES string of the molecule is Cc1noc(-c2ccc([N+](=O)[O-])cc2Br)n1. The average molecular weight is 284 g/mol. The van der Waals surface area contributed by atoms with E-state index in [0.29, 0.717) is 21.8 Å². The molecule has 7 heteroatoms. The third kappa shape index (κ3) is 1.94. The molecule has 0 saturated carbocycles. The van der Waals surface area contributed by atoms with E-state index in [1.807, 2.05) is 0 Å². The zero-order valence-corrected chi connectivity index (χ0v) is 9.76. The normalized spacial score (nSPS) is 10.4. The predicted molar refractivity (Wildman–Crippen MR) is 58.8 cm³/mol. The molecule has 0 radical (unpaired) electrons. The van der Waals surface area contributed by atoms with Crippen LogP contribution in [0.2, 0.25) is 0 Å². The third-order valence-electron chi connectivity index (χ3n) is 1.92. The summed E-state index contributed by atoms with van der Waals surface area (Å²) in [5.41, 5.74) is 0.637. The van der Waals surface area contributed by atoms with Gasteiger partial charge in [-0.2, -0.15) is 4.98 Å². The number of hydrogen-bond acceptors (Lipinski definition) is 5. The monoisotopic (exact) mass is 283 g/mol. The van der Waals surface area contributed by atoms with E-state index in [0.717, 1.165) is 0 Å². The number of halogens is 1. The highest BCUT2D eigenvalue weighted by atomic mass is 79.9. The molecular formula is C9H6BrN3O3. The summed E-state index contributed by atoms with van der Waals surface area (Å²) in [5.74, 6) is 0.847. The molecule has 0 N–H and O–H groups in total. The molecular weight excluding hydrogens is 278 g/mol. The Hall–Kier alpha value is -1.76. The lowest BCUT2D eigenvalue weighted by Gasteiger charge is -1.98. The summed E-state index contributed by atoms with van der Waals surface area (Å²) in [5, 5.41) is 14.2. The molecule has 0 aliphatic rings. The Kier molecular flexibility index (Phi) is 2.69. The summed E-state index contributed by atoms with van der Waals surface area (Å²) < 4.78 is 5.52. The maximum absolute atomic E-state index is 10.5. The standard InChI is InChI=1S/C9H6BrN3O3/c1-5-11-9(16-12-5)7-3-2-6(13(14)15)4-8(7)10/h2-4H,1H3. The number of benzene rings is 1. The van der Waals surface area contributed by atoms with Gasteiger partial charge in [-0.05, 0) is 28.9 Å². The molecule has 0 spiro atoms. The van der Waals surface area contributed by atoms with Crippen molar-refractivity contribution < 1.29 is 9.45 Å². The highest BCUT2D eigenvalue weighted by Crippen LogP contribution is 2.30. The van der Waals surface area contributed by atoms with Crippen LogP contribution in [-0.2, 0) is 0 Å². The fourth-order valence-electron chi connectivity index (χ4n) is 1.20. The molecule has 6 nitrogen and oxygen atoms in total. The molecule has 1 aromatic carbocycles. The first kappa shape index (κ1) is 10.7. The lowest BCUT2D eigenvalue weighted by Crippen LogP contribution is -1.88. The Bertz CT molecular complexity index is 553. The van der Waals surface area contributed by atoms with Crippen molar-refractivity contribution >= 4 is 21.6 Å². The van der Waals surface area contributed by atoms with E-state index in [1.54, 1.807) is 13.0 Å². The highest BCUT2D eigenvalue weighted by molar-refractivity contribution is 9.10. The topological polar surface area (TPSA) is 82.1 Å². The zero-order chi connectivity index (χ0) is 11.7. The van der Waals surface area contributed by atoms with Gasteiger partial charge in [-0.3, -0.25) is 10.1 Å². The molecule has 0 saturated heterocycles. The number of non-ortho nitro benzene ring substituents is 1. The number of rotatable bonds is 2. The molecule has 82 valence electrons. The van der Waals surface area contributed by atoms with Gasteiger partial charge in [-0.25, -0.2) is 0 Å². The van der Waals surface area contributed by atoms with Crippen LogP contribution in [-0.4, -0.2) is 15.1 Å². The van der Waals surface area contributed by atoms with E-state index in [1.165, 1.54) is 12.1 Å². The second-order valence-corrected chi connectivity index (χ2v) is 3.92. The maximum atomic E-state index is 10.5. The van der Waals surface area contributed by atoms with E-state index in [2.05, 4.69) is 26.1 Å². The van der Waals surface area contributed by atoms with Crippen LogP contribution in [0.1, 0.15) is 5.82 Å². The van der Waals surface area contributed by atoms with Gasteiger partial charge in [0.05, 0.1) is 10.5 Å².